The Bertz CT molecular complexity index is 397. The van der Waals surface area contributed by atoms with E-state index in [2.05, 4.69) is 36.4 Å². The third-order valence-corrected chi connectivity index (χ3v) is 3.64. The predicted molar refractivity (Wildman–Crippen MR) is 93.7 cm³/mol. The first-order chi connectivity index (χ1) is 9.19. The highest BCUT2D eigenvalue weighted by Gasteiger charge is 2.33. The number of aliphatic imine (C=N–C) groups is 1. The van der Waals surface area contributed by atoms with Gasteiger partial charge in [0.05, 0.1) is 6.26 Å². The molecule has 0 bridgehead atoms. The summed E-state index contributed by atoms with van der Waals surface area (Å²) < 4.78 is 5.32. The number of nitrogens with one attached hydrogen (secondary N) is 2. The van der Waals surface area contributed by atoms with Crippen LogP contribution in [0.4, 0.5) is 0 Å². The van der Waals surface area contributed by atoms with Gasteiger partial charge in [-0.1, -0.05) is 13.8 Å². The Kier molecular flexibility index (Phi) is 7.40. The summed E-state index contributed by atoms with van der Waals surface area (Å²) in [6.45, 7) is 7.37. The van der Waals surface area contributed by atoms with Crippen molar-refractivity contribution in [1.82, 2.24) is 10.6 Å². The number of hydrogen-bond donors (Lipinski definition) is 2. The van der Waals surface area contributed by atoms with Crippen molar-refractivity contribution in [3.05, 3.63) is 24.2 Å². The number of guanidine groups is 1. The molecule has 0 aliphatic heterocycles. The van der Waals surface area contributed by atoms with E-state index < -0.39 is 0 Å². The third kappa shape index (κ3) is 5.73. The molecule has 0 spiro atoms. The lowest BCUT2D eigenvalue weighted by atomic mass is 10.3. The average Bonchev–Trinajstić information content (AvgIpc) is 2.89. The van der Waals surface area contributed by atoms with Gasteiger partial charge in [0.15, 0.2) is 5.96 Å². The van der Waals surface area contributed by atoms with E-state index in [1.165, 1.54) is 6.42 Å². The molecule has 1 aliphatic carbocycles. The van der Waals surface area contributed by atoms with Crippen molar-refractivity contribution in [2.45, 2.75) is 52.1 Å². The van der Waals surface area contributed by atoms with Gasteiger partial charge >= 0.3 is 0 Å². The fourth-order valence-electron chi connectivity index (χ4n) is 1.90. The lowest BCUT2D eigenvalue weighted by molar-refractivity contribution is 0.510. The van der Waals surface area contributed by atoms with Crippen LogP contribution in [0.1, 0.15) is 39.4 Å². The van der Waals surface area contributed by atoms with Crippen molar-refractivity contribution >= 4 is 29.9 Å². The van der Waals surface area contributed by atoms with E-state index in [4.69, 9.17) is 4.42 Å². The Morgan fingerprint density at radius 2 is 2.30 bits per heavy atom. The highest BCUT2D eigenvalue weighted by atomic mass is 127. The summed E-state index contributed by atoms with van der Waals surface area (Å²) in [4.78, 5) is 4.64. The molecule has 1 aromatic heterocycles. The molecule has 3 unspecified atom stereocenters. The van der Waals surface area contributed by atoms with Gasteiger partial charge in [-0.05, 0) is 37.8 Å². The molecule has 3 atom stereocenters. The van der Waals surface area contributed by atoms with Gasteiger partial charge in [0.1, 0.15) is 5.76 Å². The molecular weight excluding hydrogens is 365 g/mol. The second kappa shape index (κ2) is 8.54. The van der Waals surface area contributed by atoms with E-state index in [9.17, 15) is 0 Å². The summed E-state index contributed by atoms with van der Waals surface area (Å²) in [5.41, 5.74) is 0. The van der Waals surface area contributed by atoms with Gasteiger partial charge < -0.3 is 15.1 Å². The van der Waals surface area contributed by atoms with E-state index in [0.29, 0.717) is 12.1 Å². The van der Waals surface area contributed by atoms with Crippen LogP contribution in [-0.4, -0.2) is 24.6 Å². The van der Waals surface area contributed by atoms with Crippen molar-refractivity contribution in [2.75, 3.05) is 6.54 Å². The van der Waals surface area contributed by atoms with Gasteiger partial charge in [0.2, 0.25) is 0 Å². The fourth-order valence-corrected chi connectivity index (χ4v) is 1.90. The lowest BCUT2D eigenvalue weighted by Crippen LogP contribution is -2.43. The van der Waals surface area contributed by atoms with E-state index in [1.807, 2.05) is 12.1 Å². The SMILES string of the molecule is CCC(C)NC(=NCCc1ccco1)NC1CC1C.I. The maximum Gasteiger partial charge on any atom is 0.191 e. The molecule has 0 amide bonds. The third-order valence-electron chi connectivity index (χ3n) is 3.64. The molecule has 2 N–H and O–H groups in total. The maximum atomic E-state index is 5.32. The van der Waals surface area contributed by atoms with Gasteiger partial charge in [0, 0.05) is 25.0 Å². The Hall–Kier alpha value is -0.720. The van der Waals surface area contributed by atoms with Gasteiger partial charge in [-0.3, -0.25) is 4.99 Å². The normalized spacial score (nSPS) is 22.9. The summed E-state index contributed by atoms with van der Waals surface area (Å²) in [5.74, 6) is 2.70. The minimum absolute atomic E-state index is 0. The van der Waals surface area contributed by atoms with Crippen molar-refractivity contribution in [3.63, 3.8) is 0 Å². The maximum absolute atomic E-state index is 5.32. The molecule has 0 radical (unpaired) electrons. The molecule has 1 saturated carbocycles. The molecule has 1 fully saturated rings. The van der Waals surface area contributed by atoms with Gasteiger partial charge in [-0.25, -0.2) is 0 Å². The van der Waals surface area contributed by atoms with E-state index in [0.717, 1.165) is 37.0 Å². The van der Waals surface area contributed by atoms with Crippen LogP contribution in [0.25, 0.3) is 0 Å². The Morgan fingerprint density at radius 3 is 2.85 bits per heavy atom. The van der Waals surface area contributed by atoms with E-state index in [1.54, 1.807) is 6.26 Å². The lowest BCUT2D eigenvalue weighted by Gasteiger charge is -2.17. The number of furan rings is 1. The highest BCUT2D eigenvalue weighted by molar-refractivity contribution is 14.0. The number of rotatable bonds is 6. The van der Waals surface area contributed by atoms with E-state index in [-0.39, 0.29) is 24.0 Å². The predicted octanol–water partition coefficient (Wildman–Crippen LogP) is 3.18. The quantitative estimate of drug-likeness (QED) is 0.445. The average molecular weight is 391 g/mol. The van der Waals surface area contributed by atoms with Gasteiger partial charge in [-0.15, -0.1) is 24.0 Å². The first kappa shape index (κ1) is 17.3. The second-order valence-electron chi connectivity index (χ2n) is 5.48. The minimum atomic E-state index is 0. The molecule has 1 heterocycles. The summed E-state index contributed by atoms with van der Waals surface area (Å²) in [6.07, 6.45) is 4.90. The first-order valence-electron chi connectivity index (χ1n) is 7.29. The van der Waals surface area contributed by atoms with Crippen LogP contribution >= 0.6 is 24.0 Å². The summed E-state index contributed by atoms with van der Waals surface area (Å²) in [7, 11) is 0. The standard InChI is InChI=1S/C15H25N3O.HI/c1-4-12(3)17-15(18-14-10-11(14)2)16-8-7-13-6-5-9-19-13;/h5-6,9,11-12,14H,4,7-8,10H2,1-3H3,(H2,16,17,18);1H. The highest BCUT2D eigenvalue weighted by Crippen LogP contribution is 2.28. The van der Waals surface area contributed by atoms with Crippen molar-refractivity contribution in [3.8, 4) is 0 Å². The Balaban J connectivity index is 0.00000200. The molecule has 0 saturated heterocycles. The Morgan fingerprint density at radius 1 is 1.55 bits per heavy atom. The van der Waals surface area contributed by atoms with Gasteiger partial charge in [-0.2, -0.15) is 0 Å². The van der Waals surface area contributed by atoms with Crippen molar-refractivity contribution in [1.29, 1.82) is 0 Å². The molecule has 2 rings (SSSR count). The number of halogens is 1. The van der Waals surface area contributed by atoms with Crippen LogP contribution in [0.2, 0.25) is 0 Å². The largest absolute Gasteiger partial charge is 0.469 e. The number of hydrogen-bond acceptors (Lipinski definition) is 2. The van der Waals surface area contributed by atoms with Gasteiger partial charge in [0.25, 0.3) is 0 Å². The number of nitrogens with zero attached hydrogens (tertiary/aromatic N) is 1. The molecule has 1 aliphatic rings. The van der Waals surface area contributed by atoms with Crippen LogP contribution in [0.15, 0.2) is 27.8 Å². The van der Waals surface area contributed by atoms with Crippen molar-refractivity contribution < 1.29 is 4.42 Å². The molecule has 20 heavy (non-hydrogen) atoms. The van der Waals surface area contributed by atoms with Crippen molar-refractivity contribution in [2.24, 2.45) is 10.9 Å². The molecule has 0 aromatic carbocycles. The van der Waals surface area contributed by atoms with Crippen LogP contribution in [-0.2, 0) is 6.42 Å². The van der Waals surface area contributed by atoms with Crippen LogP contribution < -0.4 is 10.6 Å². The zero-order valence-corrected chi connectivity index (χ0v) is 14.9. The molecule has 1 aromatic rings. The topological polar surface area (TPSA) is 49.6 Å². The summed E-state index contributed by atoms with van der Waals surface area (Å²) >= 11 is 0. The second-order valence-corrected chi connectivity index (χ2v) is 5.48. The summed E-state index contributed by atoms with van der Waals surface area (Å²) in [5, 5.41) is 6.94. The molecule has 4 nitrogen and oxygen atoms in total. The monoisotopic (exact) mass is 391 g/mol. The van der Waals surface area contributed by atoms with Crippen LogP contribution in [0.3, 0.4) is 0 Å². The van der Waals surface area contributed by atoms with E-state index >= 15 is 0 Å². The zero-order chi connectivity index (χ0) is 13.7. The summed E-state index contributed by atoms with van der Waals surface area (Å²) in [6, 6.07) is 4.96. The molecule has 114 valence electrons. The molecular formula is C15H26IN3O. The van der Waals surface area contributed by atoms with Crippen LogP contribution in [0, 0.1) is 5.92 Å². The first-order valence-corrected chi connectivity index (χ1v) is 7.29. The molecule has 5 heteroatoms. The Labute approximate surface area is 138 Å². The minimum Gasteiger partial charge on any atom is -0.469 e. The van der Waals surface area contributed by atoms with Crippen LogP contribution in [0.5, 0.6) is 0 Å². The zero-order valence-electron chi connectivity index (χ0n) is 12.6. The smallest absolute Gasteiger partial charge is 0.191 e. The fraction of sp³-hybridized carbons (Fsp3) is 0.667.